The standard InChI is InChI=1S/C15H16N6O/c1-20-14(8-13(18-20)12-5-3-2-4-6-12)21-10-11(7-15(21)22)9-17-19-16/h2-6,8,11H,7,9-10H2,1H3. The minimum absolute atomic E-state index is 0.0424. The first kappa shape index (κ1) is 14.2. The highest BCUT2D eigenvalue weighted by atomic mass is 16.2. The van der Waals surface area contributed by atoms with Crippen LogP contribution in [0.25, 0.3) is 21.7 Å². The van der Waals surface area contributed by atoms with Gasteiger partial charge in [0.2, 0.25) is 5.91 Å². The number of carbonyl (C=O) groups excluding carboxylic acids is 1. The molecule has 7 nitrogen and oxygen atoms in total. The zero-order valence-corrected chi connectivity index (χ0v) is 12.3. The van der Waals surface area contributed by atoms with Gasteiger partial charge in [-0.15, -0.1) is 0 Å². The van der Waals surface area contributed by atoms with E-state index in [0.717, 1.165) is 17.1 Å². The molecule has 0 radical (unpaired) electrons. The second-order valence-corrected chi connectivity index (χ2v) is 5.37. The van der Waals surface area contributed by atoms with Crippen molar-refractivity contribution in [3.63, 3.8) is 0 Å². The van der Waals surface area contributed by atoms with E-state index in [4.69, 9.17) is 5.53 Å². The molecule has 2 aromatic rings. The summed E-state index contributed by atoms with van der Waals surface area (Å²) in [7, 11) is 1.83. The lowest BCUT2D eigenvalue weighted by Crippen LogP contribution is -2.26. The maximum Gasteiger partial charge on any atom is 0.228 e. The van der Waals surface area contributed by atoms with E-state index in [1.807, 2.05) is 43.4 Å². The largest absolute Gasteiger partial charge is 0.297 e. The molecule has 0 bridgehead atoms. The minimum Gasteiger partial charge on any atom is -0.297 e. The van der Waals surface area contributed by atoms with E-state index in [2.05, 4.69) is 15.1 Å². The fraction of sp³-hybridized carbons (Fsp3) is 0.333. The van der Waals surface area contributed by atoms with Gasteiger partial charge >= 0.3 is 0 Å². The zero-order chi connectivity index (χ0) is 15.5. The van der Waals surface area contributed by atoms with Gasteiger partial charge in [0.25, 0.3) is 0 Å². The fourth-order valence-electron chi connectivity index (χ4n) is 2.74. The van der Waals surface area contributed by atoms with Gasteiger partial charge in [-0.2, -0.15) is 5.10 Å². The molecule has 1 saturated heterocycles. The van der Waals surface area contributed by atoms with Crippen LogP contribution in [0.2, 0.25) is 0 Å². The number of hydrogen-bond acceptors (Lipinski definition) is 3. The Kier molecular flexibility index (Phi) is 3.80. The number of benzene rings is 1. The molecule has 2 heterocycles. The van der Waals surface area contributed by atoms with Gasteiger partial charge in [0.05, 0.1) is 5.69 Å². The molecular formula is C15H16N6O. The lowest BCUT2D eigenvalue weighted by molar-refractivity contribution is -0.117. The highest BCUT2D eigenvalue weighted by Gasteiger charge is 2.32. The van der Waals surface area contributed by atoms with Crippen molar-refractivity contribution in [3.8, 4) is 11.3 Å². The first-order chi connectivity index (χ1) is 10.7. The van der Waals surface area contributed by atoms with Crippen LogP contribution in [-0.4, -0.2) is 28.8 Å². The number of aryl methyl sites for hydroxylation is 1. The summed E-state index contributed by atoms with van der Waals surface area (Å²) in [5.41, 5.74) is 10.2. The van der Waals surface area contributed by atoms with Crippen molar-refractivity contribution in [2.75, 3.05) is 18.0 Å². The van der Waals surface area contributed by atoms with Crippen molar-refractivity contribution in [2.24, 2.45) is 18.1 Å². The zero-order valence-electron chi connectivity index (χ0n) is 12.3. The highest BCUT2D eigenvalue weighted by molar-refractivity contribution is 5.95. The van der Waals surface area contributed by atoms with Crippen molar-refractivity contribution in [1.82, 2.24) is 9.78 Å². The lowest BCUT2D eigenvalue weighted by Gasteiger charge is -2.15. The molecule has 1 fully saturated rings. The summed E-state index contributed by atoms with van der Waals surface area (Å²) in [5.74, 6) is 0.881. The smallest absolute Gasteiger partial charge is 0.228 e. The van der Waals surface area contributed by atoms with Crippen LogP contribution in [0.1, 0.15) is 6.42 Å². The van der Waals surface area contributed by atoms with E-state index in [1.54, 1.807) is 9.58 Å². The molecule has 0 spiro atoms. The van der Waals surface area contributed by atoms with E-state index < -0.39 is 0 Å². The molecule has 0 aliphatic carbocycles. The van der Waals surface area contributed by atoms with Crippen LogP contribution < -0.4 is 4.90 Å². The number of azide groups is 1. The summed E-state index contributed by atoms with van der Waals surface area (Å²) in [4.78, 5) is 16.7. The summed E-state index contributed by atoms with van der Waals surface area (Å²) in [6, 6.07) is 11.8. The molecule has 1 aromatic carbocycles. The van der Waals surface area contributed by atoms with Crippen LogP contribution >= 0.6 is 0 Å². The third-order valence-corrected chi connectivity index (χ3v) is 3.81. The molecule has 1 aliphatic heterocycles. The molecule has 3 rings (SSSR count). The van der Waals surface area contributed by atoms with Crippen LogP contribution in [-0.2, 0) is 11.8 Å². The normalized spacial score (nSPS) is 17.6. The van der Waals surface area contributed by atoms with Crippen LogP contribution in [0, 0.1) is 5.92 Å². The Morgan fingerprint density at radius 1 is 1.41 bits per heavy atom. The summed E-state index contributed by atoms with van der Waals surface area (Å²) >= 11 is 0. The maximum atomic E-state index is 12.2. The molecule has 0 saturated carbocycles. The monoisotopic (exact) mass is 296 g/mol. The Morgan fingerprint density at radius 3 is 2.91 bits per heavy atom. The number of carbonyl (C=O) groups is 1. The van der Waals surface area contributed by atoms with Gasteiger partial charge in [0.15, 0.2) is 0 Å². The van der Waals surface area contributed by atoms with Crippen molar-refractivity contribution in [2.45, 2.75) is 6.42 Å². The van der Waals surface area contributed by atoms with E-state index in [-0.39, 0.29) is 11.8 Å². The van der Waals surface area contributed by atoms with E-state index in [9.17, 15) is 4.79 Å². The Bertz CT molecular complexity index is 732. The third kappa shape index (κ3) is 2.66. The van der Waals surface area contributed by atoms with Gasteiger partial charge in [-0.25, -0.2) is 0 Å². The Balaban J connectivity index is 1.85. The van der Waals surface area contributed by atoms with Gasteiger partial charge < -0.3 is 0 Å². The van der Waals surface area contributed by atoms with E-state index in [0.29, 0.717) is 19.5 Å². The number of hydrogen-bond donors (Lipinski definition) is 0. The molecule has 1 unspecified atom stereocenters. The molecule has 0 N–H and O–H groups in total. The van der Waals surface area contributed by atoms with Gasteiger partial charge in [-0.1, -0.05) is 35.4 Å². The minimum atomic E-state index is 0.0424. The second kappa shape index (κ2) is 5.91. The predicted octanol–water partition coefficient (Wildman–Crippen LogP) is 2.75. The average Bonchev–Trinajstić information content (AvgIpc) is 3.09. The van der Waals surface area contributed by atoms with Gasteiger partial charge in [0, 0.05) is 43.1 Å². The highest BCUT2D eigenvalue weighted by Crippen LogP contribution is 2.28. The quantitative estimate of drug-likeness (QED) is 0.493. The molecule has 22 heavy (non-hydrogen) atoms. The predicted molar refractivity (Wildman–Crippen MR) is 83.1 cm³/mol. The Morgan fingerprint density at radius 2 is 2.18 bits per heavy atom. The number of aromatic nitrogens is 2. The summed E-state index contributed by atoms with van der Waals surface area (Å²) in [6.07, 6.45) is 0.408. The maximum absolute atomic E-state index is 12.2. The number of amides is 1. The molecule has 7 heteroatoms. The van der Waals surface area contributed by atoms with Gasteiger partial charge in [-0.05, 0) is 11.4 Å². The van der Waals surface area contributed by atoms with Crippen LogP contribution in [0.3, 0.4) is 0 Å². The molecule has 1 aromatic heterocycles. The topological polar surface area (TPSA) is 86.9 Å². The van der Waals surface area contributed by atoms with E-state index >= 15 is 0 Å². The van der Waals surface area contributed by atoms with Gasteiger partial charge in [-0.3, -0.25) is 14.4 Å². The van der Waals surface area contributed by atoms with Crippen LogP contribution in [0.15, 0.2) is 41.5 Å². The molecule has 1 aliphatic rings. The SMILES string of the molecule is Cn1nc(-c2ccccc2)cc1N1CC(CN=[N+]=[N-])CC1=O. The van der Waals surface area contributed by atoms with Crippen molar-refractivity contribution in [1.29, 1.82) is 0 Å². The summed E-state index contributed by atoms with van der Waals surface area (Å²) in [5, 5.41) is 8.06. The van der Waals surface area contributed by atoms with Gasteiger partial charge in [0.1, 0.15) is 5.82 Å². The van der Waals surface area contributed by atoms with Crippen molar-refractivity contribution in [3.05, 3.63) is 46.8 Å². The third-order valence-electron chi connectivity index (χ3n) is 3.81. The van der Waals surface area contributed by atoms with E-state index in [1.165, 1.54) is 0 Å². The average molecular weight is 296 g/mol. The lowest BCUT2D eigenvalue weighted by atomic mass is 10.1. The van der Waals surface area contributed by atoms with Crippen molar-refractivity contribution >= 4 is 11.7 Å². The summed E-state index contributed by atoms with van der Waals surface area (Å²) in [6.45, 7) is 0.910. The first-order valence-electron chi connectivity index (χ1n) is 7.09. The first-order valence-corrected chi connectivity index (χ1v) is 7.09. The Hall–Kier alpha value is -2.79. The molecule has 1 amide bonds. The molecular weight excluding hydrogens is 280 g/mol. The van der Waals surface area contributed by atoms with Crippen LogP contribution in [0.4, 0.5) is 5.82 Å². The number of nitrogens with zero attached hydrogens (tertiary/aromatic N) is 6. The Labute approximate surface area is 127 Å². The fourth-order valence-corrected chi connectivity index (χ4v) is 2.74. The molecule has 1 atom stereocenters. The van der Waals surface area contributed by atoms with Crippen LogP contribution in [0.5, 0.6) is 0 Å². The summed E-state index contributed by atoms with van der Waals surface area (Å²) < 4.78 is 1.72. The molecule has 112 valence electrons. The number of rotatable bonds is 4. The second-order valence-electron chi connectivity index (χ2n) is 5.37. The van der Waals surface area contributed by atoms with Crippen molar-refractivity contribution < 1.29 is 4.79 Å². The number of anilines is 1.